The van der Waals surface area contributed by atoms with Crippen LogP contribution in [0.25, 0.3) is 0 Å². The van der Waals surface area contributed by atoms with E-state index in [9.17, 15) is 0 Å². The molecule has 0 aromatic rings. The molecule has 4 heavy (non-hydrogen) atoms. The van der Waals surface area contributed by atoms with Gasteiger partial charge in [0.15, 0.2) is 0 Å². The molecule has 0 aliphatic heterocycles. The van der Waals surface area contributed by atoms with Crippen LogP contribution in [0.1, 0.15) is 0 Å². The standard InChI is InChI=1S/Ce.O.Sr.Ti.2H. The van der Waals surface area contributed by atoms with Crippen LogP contribution in [0.3, 0.4) is 0 Å². The first kappa shape index (κ1) is 15.7. The number of hydrogen-bond acceptors (Lipinski definition) is 1. The van der Waals surface area contributed by atoms with Gasteiger partial charge in [0.2, 0.25) is 0 Å². The Morgan fingerprint density at radius 2 is 1.25 bits per heavy atom. The molecule has 0 aromatic heterocycles. The Bertz CT molecular complexity index is 8.00. The molecule has 0 N–H and O–H groups in total. The van der Waals surface area contributed by atoms with Gasteiger partial charge in [-0.1, -0.05) is 0 Å². The van der Waals surface area contributed by atoms with Gasteiger partial charge in [0.25, 0.3) is 0 Å². The summed E-state index contributed by atoms with van der Waals surface area (Å²) in [5.41, 5.74) is 0. The van der Waals surface area contributed by atoms with Gasteiger partial charge in [-0.25, -0.2) is 0 Å². The molecule has 18 valence electrons. The summed E-state index contributed by atoms with van der Waals surface area (Å²) >= 11 is 0.750. The Hall–Kier alpha value is 3.37. The molecule has 0 atom stereocenters. The van der Waals surface area contributed by atoms with Gasteiger partial charge in [-0.3, -0.25) is 0 Å². The van der Waals surface area contributed by atoms with Crippen LogP contribution in [-0.4, -0.2) is 45.5 Å². The molecule has 0 heterocycles. The first-order chi connectivity index (χ1) is 1.00. The van der Waals surface area contributed by atoms with Crippen molar-refractivity contribution in [3.63, 3.8) is 0 Å². The predicted octanol–water partition coefficient (Wildman–Crippen LogP) is -1.04. The quantitative estimate of drug-likeness (QED) is 0.522. The predicted molar refractivity (Wildman–Crippen MR) is 9.23 cm³/mol. The van der Waals surface area contributed by atoms with E-state index in [1.165, 1.54) is 0 Å². The van der Waals surface area contributed by atoms with E-state index in [0.717, 1.165) is 20.4 Å². The third-order valence-electron chi connectivity index (χ3n) is 0. The van der Waals surface area contributed by atoms with E-state index in [1.54, 1.807) is 0 Å². The van der Waals surface area contributed by atoms with E-state index in [0.29, 0.717) is 0 Å². The molecule has 0 saturated heterocycles. The van der Waals surface area contributed by atoms with Crippen molar-refractivity contribution in [2.75, 3.05) is 0 Å². The summed E-state index contributed by atoms with van der Waals surface area (Å²) < 4.78 is 8.25. The summed E-state index contributed by atoms with van der Waals surface area (Å²) in [6.07, 6.45) is 0. The third-order valence-corrected chi connectivity index (χ3v) is 0. The van der Waals surface area contributed by atoms with Gasteiger partial charge < -0.3 is 0 Å². The monoisotopic (exact) mass is 294 g/mol. The maximum absolute atomic E-state index is 8.25. The Morgan fingerprint density at radius 3 is 1.25 bits per heavy atom. The average Bonchev–Trinajstić information content (AvgIpc) is 1.00. The van der Waals surface area contributed by atoms with Crippen molar-refractivity contribution in [2.45, 2.75) is 0 Å². The van der Waals surface area contributed by atoms with Gasteiger partial charge >= 0.3 is 69.2 Å². The normalized spacial score (nSPS) is 0.750. The molecular formula is H2CeOSrTi. The molecule has 0 unspecified atom stereocenters. The van der Waals surface area contributed by atoms with Crippen molar-refractivity contribution in [1.29, 1.82) is 0 Å². The minimum atomic E-state index is 0. The topological polar surface area (TPSA) is 17.1 Å². The fourth-order valence-electron chi connectivity index (χ4n) is 0. The molecule has 0 amide bonds. The molecule has 0 aromatic carbocycles. The van der Waals surface area contributed by atoms with E-state index in [-0.39, 0.29) is 87.2 Å². The number of rotatable bonds is 0. The Morgan fingerprint density at radius 1 is 1.25 bits per heavy atom. The van der Waals surface area contributed by atoms with Crippen molar-refractivity contribution >= 4 is 45.5 Å². The van der Waals surface area contributed by atoms with Crippen LogP contribution >= 0.6 is 0 Å². The molecule has 0 saturated carbocycles. The van der Waals surface area contributed by atoms with Crippen molar-refractivity contribution in [1.82, 2.24) is 0 Å². The SMILES string of the molecule is [Ce].[O]=[Ti].[SrH2]. The van der Waals surface area contributed by atoms with E-state index in [4.69, 9.17) is 3.32 Å². The summed E-state index contributed by atoms with van der Waals surface area (Å²) in [5, 5.41) is 0. The number of hydrogen-bond donors (Lipinski definition) is 0. The van der Waals surface area contributed by atoms with Crippen LogP contribution in [0.4, 0.5) is 0 Å². The third kappa shape index (κ3) is 9.03. The second kappa shape index (κ2) is 16.2. The van der Waals surface area contributed by atoms with Gasteiger partial charge in [0.05, 0.1) is 0 Å². The Labute approximate surface area is 108 Å². The second-order valence-corrected chi connectivity index (χ2v) is 0. The van der Waals surface area contributed by atoms with Crippen LogP contribution in [0, 0.1) is 41.7 Å². The Kier molecular flexibility index (Phi) is 63.3. The molecule has 0 fully saturated rings. The van der Waals surface area contributed by atoms with Crippen molar-refractivity contribution in [3.8, 4) is 0 Å². The van der Waals surface area contributed by atoms with Gasteiger partial charge in [0.1, 0.15) is 0 Å². The van der Waals surface area contributed by atoms with Crippen molar-refractivity contribution in [2.24, 2.45) is 0 Å². The van der Waals surface area contributed by atoms with E-state index >= 15 is 0 Å². The van der Waals surface area contributed by atoms with E-state index in [1.807, 2.05) is 0 Å². The van der Waals surface area contributed by atoms with Crippen molar-refractivity contribution < 1.29 is 65.5 Å². The zero-order valence-electron chi connectivity index (χ0n) is 1.41. The molecule has 0 radical (unpaired) electrons. The van der Waals surface area contributed by atoms with Crippen LogP contribution in [0.2, 0.25) is 0 Å². The maximum atomic E-state index is 8.25. The van der Waals surface area contributed by atoms with E-state index in [2.05, 4.69) is 0 Å². The molecule has 4 heteroatoms. The molecule has 1 nitrogen and oxygen atoms in total. The van der Waals surface area contributed by atoms with Gasteiger partial charge in [0, 0.05) is 41.7 Å². The molecule has 0 bridgehead atoms. The van der Waals surface area contributed by atoms with Crippen LogP contribution in [-0.2, 0) is 23.7 Å². The minimum absolute atomic E-state index is 0. The summed E-state index contributed by atoms with van der Waals surface area (Å²) in [7, 11) is 0. The van der Waals surface area contributed by atoms with Crippen LogP contribution in [0.15, 0.2) is 0 Å². The first-order valence-corrected chi connectivity index (χ1v) is 0.842. The van der Waals surface area contributed by atoms with E-state index < -0.39 is 0 Å². The second-order valence-electron chi connectivity index (χ2n) is 0. The molecule has 0 spiro atoms. The summed E-state index contributed by atoms with van der Waals surface area (Å²) in [6, 6.07) is 0. The molecule has 0 aliphatic carbocycles. The van der Waals surface area contributed by atoms with Gasteiger partial charge in [-0.15, -0.1) is 0 Å². The van der Waals surface area contributed by atoms with Crippen LogP contribution < -0.4 is 0 Å². The summed E-state index contributed by atoms with van der Waals surface area (Å²) in [5.74, 6) is 0. The molecule has 0 aliphatic rings. The molecular weight excluding hydrogens is 292 g/mol. The Balaban J connectivity index is -0.00000000500. The van der Waals surface area contributed by atoms with Gasteiger partial charge in [-0.2, -0.15) is 0 Å². The average molecular weight is 294 g/mol. The summed E-state index contributed by atoms with van der Waals surface area (Å²) in [6.45, 7) is 0. The fourth-order valence-corrected chi connectivity index (χ4v) is 0. The first-order valence-electron chi connectivity index (χ1n) is 0.204. The van der Waals surface area contributed by atoms with Crippen LogP contribution in [0.5, 0.6) is 0 Å². The summed E-state index contributed by atoms with van der Waals surface area (Å²) in [4.78, 5) is 0. The molecule has 0 rings (SSSR count). The zero-order valence-corrected chi connectivity index (χ0v) is 6.11. The zero-order chi connectivity index (χ0) is 2.00. The fraction of sp³-hybridized carbons (Fsp3) is 0. The van der Waals surface area contributed by atoms with Crippen molar-refractivity contribution in [3.05, 3.63) is 0 Å². The van der Waals surface area contributed by atoms with Gasteiger partial charge in [-0.05, 0) is 0 Å².